The number of hydrogen-bond donors (Lipinski definition) is 3. The van der Waals surface area contributed by atoms with Crippen LogP contribution in [0.1, 0.15) is 54.3 Å². The minimum absolute atomic E-state index is 0.0493. The Labute approximate surface area is 247 Å². The molecule has 6 rings (SSSR count). The van der Waals surface area contributed by atoms with Gasteiger partial charge in [-0.05, 0) is 47.6 Å². The van der Waals surface area contributed by atoms with E-state index in [0.29, 0.717) is 0 Å². The molecule has 4 aromatic rings. The van der Waals surface area contributed by atoms with Crippen LogP contribution in [0.4, 0.5) is 5.95 Å². The van der Waals surface area contributed by atoms with Crippen LogP contribution in [0.3, 0.4) is 0 Å². The number of hydrogen-bond acceptors (Lipinski definition) is 5. The van der Waals surface area contributed by atoms with Crippen molar-refractivity contribution in [1.82, 2.24) is 25.5 Å². The first kappa shape index (κ1) is 28.0. The van der Waals surface area contributed by atoms with E-state index in [1.165, 1.54) is 11.1 Å². The summed E-state index contributed by atoms with van der Waals surface area (Å²) < 4.78 is 2.33. The Morgan fingerprint density at radius 1 is 0.929 bits per heavy atom. The minimum Gasteiger partial charge on any atom is -0.357 e. The second-order valence-electron chi connectivity index (χ2n) is 11.4. The maximum Gasteiger partial charge on any atom is 0.246 e. The fourth-order valence-electron chi connectivity index (χ4n) is 6.56. The average Bonchev–Trinajstić information content (AvgIpc) is 3.42. The van der Waals surface area contributed by atoms with E-state index in [0.717, 1.165) is 81.0 Å². The predicted octanol–water partition coefficient (Wildman–Crippen LogP) is 4.37. The number of carbonyl (C=O) groups is 2. The average molecular weight is 565 g/mol. The Bertz CT molecular complexity index is 1510. The minimum atomic E-state index is -0.705. The molecule has 2 heterocycles. The quantitative estimate of drug-likeness (QED) is 0.296. The van der Waals surface area contributed by atoms with Gasteiger partial charge >= 0.3 is 0 Å². The molecular formula is C34H40N6O2. The molecule has 8 heteroatoms. The fourth-order valence-corrected chi connectivity index (χ4v) is 6.56. The molecule has 3 aromatic carbocycles. The largest absolute Gasteiger partial charge is 0.357 e. The van der Waals surface area contributed by atoms with Gasteiger partial charge in [0.1, 0.15) is 6.04 Å². The number of nitrogens with one attached hydrogen (secondary N) is 3. The van der Waals surface area contributed by atoms with E-state index in [4.69, 9.17) is 4.98 Å². The Balaban J connectivity index is 1.21. The number of nitrogens with zero attached hydrogens (tertiary/aromatic N) is 3. The summed E-state index contributed by atoms with van der Waals surface area (Å²) in [5, 5.41) is 9.22. The number of likely N-dealkylation sites (N-methyl/N-ethyl adjacent to an activating group) is 1. The van der Waals surface area contributed by atoms with Crippen LogP contribution in [0.25, 0.3) is 11.0 Å². The lowest BCUT2D eigenvalue weighted by Crippen LogP contribution is -2.44. The SMILES string of the molecule is CNC(=O)C(NC(=O)[C@@H]1CCCCC1c1ccc(Cn2c(N3CCNCC3)nc3ccccc32)cc1)c1ccccc1. The number of amides is 2. The van der Waals surface area contributed by atoms with Crippen molar-refractivity contribution in [2.75, 3.05) is 38.1 Å². The monoisotopic (exact) mass is 564 g/mol. The van der Waals surface area contributed by atoms with Crippen molar-refractivity contribution in [3.05, 3.63) is 95.6 Å². The van der Waals surface area contributed by atoms with Crippen molar-refractivity contribution in [3.8, 4) is 0 Å². The zero-order valence-corrected chi connectivity index (χ0v) is 24.3. The van der Waals surface area contributed by atoms with Gasteiger partial charge in [-0.1, -0.05) is 79.6 Å². The highest BCUT2D eigenvalue weighted by atomic mass is 16.2. The van der Waals surface area contributed by atoms with Crippen LogP contribution in [-0.2, 0) is 16.1 Å². The molecule has 3 N–H and O–H groups in total. The fraction of sp³-hybridized carbons (Fsp3) is 0.382. The predicted molar refractivity (Wildman–Crippen MR) is 166 cm³/mol. The van der Waals surface area contributed by atoms with Crippen LogP contribution >= 0.6 is 0 Å². The second-order valence-corrected chi connectivity index (χ2v) is 11.4. The maximum absolute atomic E-state index is 13.7. The van der Waals surface area contributed by atoms with E-state index in [-0.39, 0.29) is 23.7 Å². The Hall–Kier alpha value is -4.17. The van der Waals surface area contributed by atoms with Gasteiger partial charge in [0.25, 0.3) is 0 Å². The topological polar surface area (TPSA) is 91.3 Å². The number of para-hydroxylation sites is 2. The summed E-state index contributed by atoms with van der Waals surface area (Å²) in [5.74, 6) is 0.719. The molecule has 8 nitrogen and oxygen atoms in total. The zero-order chi connectivity index (χ0) is 28.9. The molecule has 2 unspecified atom stereocenters. The number of rotatable bonds is 8. The van der Waals surface area contributed by atoms with E-state index in [1.54, 1.807) is 7.05 Å². The number of benzene rings is 3. The highest BCUT2D eigenvalue weighted by molar-refractivity contribution is 5.89. The smallest absolute Gasteiger partial charge is 0.246 e. The first-order chi connectivity index (χ1) is 20.6. The molecule has 1 aromatic heterocycles. The summed E-state index contributed by atoms with van der Waals surface area (Å²) in [6.07, 6.45) is 3.91. The normalized spacial score (nSPS) is 19.8. The molecule has 2 fully saturated rings. The molecule has 1 aliphatic carbocycles. The van der Waals surface area contributed by atoms with E-state index in [9.17, 15) is 9.59 Å². The number of carbonyl (C=O) groups excluding carboxylic acids is 2. The second kappa shape index (κ2) is 12.8. The van der Waals surface area contributed by atoms with Crippen LogP contribution in [0.5, 0.6) is 0 Å². The van der Waals surface area contributed by atoms with Gasteiger partial charge < -0.3 is 25.4 Å². The van der Waals surface area contributed by atoms with Crippen LogP contribution < -0.4 is 20.9 Å². The lowest BCUT2D eigenvalue weighted by molar-refractivity contribution is -0.132. The number of imidazole rings is 1. The third-order valence-corrected chi connectivity index (χ3v) is 8.81. The van der Waals surface area contributed by atoms with E-state index in [1.807, 2.05) is 36.4 Å². The van der Waals surface area contributed by atoms with Crippen molar-refractivity contribution in [1.29, 1.82) is 0 Å². The Morgan fingerprint density at radius 3 is 2.40 bits per heavy atom. The summed E-state index contributed by atoms with van der Waals surface area (Å²) in [5.41, 5.74) is 5.34. The first-order valence-corrected chi connectivity index (χ1v) is 15.2. The number of aromatic nitrogens is 2. The van der Waals surface area contributed by atoms with Crippen molar-refractivity contribution >= 4 is 28.8 Å². The van der Waals surface area contributed by atoms with Crippen molar-refractivity contribution in [2.24, 2.45) is 5.92 Å². The molecular weight excluding hydrogens is 524 g/mol. The number of anilines is 1. The highest BCUT2D eigenvalue weighted by Crippen LogP contribution is 2.38. The molecule has 2 aliphatic rings. The zero-order valence-electron chi connectivity index (χ0n) is 24.3. The van der Waals surface area contributed by atoms with Gasteiger partial charge in [0, 0.05) is 39.1 Å². The highest BCUT2D eigenvalue weighted by Gasteiger charge is 2.34. The molecule has 1 saturated heterocycles. The third kappa shape index (κ3) is 5.90. The number of fused-ring (bicyclic) bond motifs is 1. The molecule has 3 atom stereocenters. The van der Waals surface area contributed by atoms with Crippen molar-refractivity contribution in [2.45, 2.75) is 44.2 Å². The summed E-state index contributed by atoms with van der Waals surface area (Å²) in [6, 6.07) is 25.9. The van der Waals surface area contributed by atoms with Crippen molar-refractivity contribution in [3.63, 3.8) is 0 Å². The standard InChI is InChI=1S/C34H40N6O2/c1-35-33(42)31(26-9-3-2-4-10-26)38-32(41)28-12-6-5-11-27(28)25-17-15-24(16-18-25)23-40-30-14-8-7-13-29(30)37-34(40)39-21-19-36-20-22-39/h2-4,7-10,13-18,27-28,31,36H,5-6,11-12,19-23H2,1H3,(H,35,42)(H,38,41)/t27?,28-,31?/m1/s1. The van der Waals surface area contributed by atoms with Gasteiger partial charge in [0.2, 0.25) is 17.8 Å². The van der Waals surface area contributed by atoms with Crippen LogP contribution in [0.2, 0.25) is 0 Å². The van der Waals surface area contributed by atoms with Gasteiger partial charge in [-0.15, -0.1) is 0 Å². The molecule has 0 spiro atoms. The molecule has 1 aliphatic heterocycles. The van der Waals surface area contributed by atoms with Crippen LogP contribution in [0.15, 0.2) is 78.9 Å². The molecule has 0 bridgehead atoms. The van der Waals surface area contributed by atoms with E-state index in [2.05, 4.69) is 67.9 Å². The first-order valence-electron chi connectivity index (χ1n) is 15.2. The molecule has 1 saturated carbocycles. The third-order valence-electron chi connectivity index (χ3n) is 8.81. The van der Waals surface area contributed by atoms with Crippen molar-refractivity contribution < 1.29 is 9.59 Å². The van der Waals surface area contributed by atoms with Gasteiger partial charge in [-0.2, -0.15) is 0 Å². The Morgan fingerprint density at radius 2 is 1.64 bits per heavy atom. The summed E-state index contributed by atoms with van der Waals surface area (Å²) >= 11 is 0. The molecule has 2 amide bonds. The summed E-state index contributed by atoms with van der Waals surface area (Å²) in [7, 11) is 1.61. The van der Waals surface area contributed by atoms with Gasteiger partial charge in [-0.25, -0.2) is 4.98 Å². The van der Waals surface area contributed by atoms with E-state index < -0.39 is 6.04 Å². The van der Waals surface area contributed by atoms with Crippen LogP contribution in [-0.4, -0.2) is 54.6 Å². The Kier molecular flexibility index (Phi) is 8.51. The molecule has 218 valence electrons. The lowest BCUT2D eigenvalue weighted by Gasteiger charge is -2.32. The molecule has 42 heavy (non-hydrogen) atoms. The van der Waals surface area contributed by atoms with Gasteiger partial charge in [0.05, 0.1) is 17.6 Å². The summed E-state index contributed by atoms with van der Waals surface area (Å²) in [6.45, 7) is 4.54. The lowest BCUT2D eigenvalue weighted by atomic mass is 9.74. The van der Waals surface area contributed by atoms with Gasteiger partial charge in [0.15, 0.2) is 0 Å². The number of piperazine rings is 1. The summed E-state index contributed by atoms with van der Waals surface area (Å²) in [4.78, 5) is 33.8. The van der Waals surface area contributed by atoms with Crippen LogP contribution in [0, 0.1) is 5.92 Å². The maximum atomic E-state index is 13.7. The van der Waals surface area contributed by atoms with Gasteiger partial charge in [-0.3, -0.25) is 9.59 Å². The molecule has 0 radical (unpaired) electrons. The van der Waals surface area contributed by atoms with E-state index >= 15 is 0 Å².